The van der Waals surface area contributed by atoms with Gasteiger partial charge in [-0.15, -0.1) is 0 Å². The lowest BCUT2D eigenvalue weighted by atomic mass is 10.0. The van der Waals surface area contributed by atoms with Crippen LogP contribution in [0.15, 0.2) is 109 Å². The quantitative estimate of drug-likeness (QED) is 0.209. The van der Waals surface area contributed by atoms with Gasteiger partial charge < -0.3 is 15.8 Å². The summed E-state index contributed by atoms with van der Waals surface area (Å²) in [6.07, 6.45) is 1.11. The van der Waals surface area contributed by atoms with Crippen LogP contribution in [-0.2, 0) is 11.2 Å². The zero-order valence-electron chi connectivity index (χ0n) is 26.4. The predicted octanol–water partition coefficient (Wildman–Crippen LogP) is 10.7. The van der Waals surface area contributed by atoms with E-state index in [0.717, 1.165) is 23.4 Å². The Kier molecular flexibility index (Phi) is 21.2. The van der Waals surface area contributed by atoms with Crippen molar-refractivity contribution < 1.29 is 14.3 Å². The summed E-state index contributed by atoms with van der Waals surface area (Å²) in [5.74, 6) is 0.560. The predicted molar refractivity (Wildman–Crippen MR) is 201 cm³/mol. The maximum Gasteiger partial charge on any atom is 0.248 e. The first kappa shape index (κ1) is 43.2. The molecule has 0 heterocycles. The van der Waals surface area contributed by atoms with Gasteiger partial charge in [-0.25, -0.2) is 0 Å². The number of nitrogens with two attached hydrogens (primary N) is 1. The number of carbonyl (C=O) groups excluding carboxylic acids is 2. The van der Waals surface area contributed by atoms with Crippen molar-refractivity contribution in [3.63, 3.8) is 0 Å². The van der Waals surface area contributed by atoms with Crippen LogP contribution in [0, 0.1) is 27.7 Å². The monoisotopic (exact) mass is 624 g/mol. The zero-order chi connectivity index (χ0) is 31.8. The van der Waals surface area contributed by atoms with Crippen LogP contribution in [0.25, 0.3) is 10.8 Å². The number of carbonyl (C=O) groups is 2. The molecular weight excluding hydrogens is 568 g/mol. The van der Waals surface area contributed by atoms with E-state index in [9.17, 15) is 9.59 Å². The molecule has 248 valence electrons. The Morgan fingerprint density at radius 2 is 1.20 bits per heavy atom. The number of methoxy groups -OCH3 is 1. The lowest BCUT2D eigenvalue weighted by Crippen LogP contribution is -2.12. The minimum atomic E-state index is -0.363. The molecule has 3 N–H and O–H groups in total. The van der Waals surface area contributed by atoms with Crippen molar-refractivity contribution in [2.45, 2.75) is 70.2 Å². The second-order valence-corrected chi connectivity index (χ2v) is 10.2. The van der Waals surface area contributed by atoms with E-state index in [1.807, 2.05) is 81.4 Å². The zero-order valence-corrected chi connectivity index (χ0v) is 26.4. The first-order valence-corrected chi connectivity index (χ1v) is 14.3. The van der Waals surface area contributed by atoms with Crippen LogP contribution in [0.5, 0.6) is 5.75 Å². The van der Waals surface area contributed by atoms with E-state index < -0.39 is 0 Å². The van der Waals surface area contributed by atoms with Crippen LogP contribution in [0.2, 0.25) is 0 Å². The maximum absolute atomic E-state index is 10.6. The van der Waals surface area contributed by atoms with Crippen LogP contribution in [0.1, 0.15) is 74.3 Å². The summed E-state index contributed by atoms with van der Waals surface area (Å²) in [5.41, 5.74) is 12.6. The van der Waals surface area contributed by atoms with E-state index in [0.29, 0.717) is 5.56 Å². The van der Waals surface area contributed by atoms with E-state index in [1.165, 1.54) is 39.9 Å². The molecule has 5 rings (SSSR count). The highest BCUT2D eigenvalue weighted by molar-refractivity contribution is 5.94. The average molecular weight is 625 g/mol. The molecule has 0 spiro atoms. The second kappa shape index (κ2) is 22.6. The van der Waals surface area contributed by atoms with Gasteiger partial charge in [-0.1, -0.05) is 125 Å². The number of fused-ring (bicyclic) bond motifs is 1. The van der Waals surface area contributed by atoms with Crippen molar-refractivity contribution in [2.75, 3.05) is 12.4 Å². The van der Waals surface area contributed by atoms with E-state index in [1.54, 1.807) is 19.2 Å². The molecule has 0 saturated carbocycles. The summed E-state index contributed by atoms with van der Waals surface area (Å²) in [6, 6.07) is 36.2. The topological polar surface area (TPSA) is 81.4 Å². The molecule has 46 heavy (non-hydrogen) atoms. The van der Waals surface area contributed by atoms with Crippen molar-refractivity contribution in [1.29, 1.82) is 0 Å². The summed E-state index contributed by atoms with van der Waals surface area (Å²) in [4.78, 5) is 21.2. The number of amides is 2. The molecule has 0 aliphatic rings. The minimum absolute atomic E-state index is 0. The highest BCUT2D eigenvalue weighted by atomic mass is 16.5. The highest BCUT2D eigenvalue weighted by Gasteiger charge is 2.00. The van der Waals surface area contributed by atoms with Crippen molar-refractivity contribution >= 4 is 28.3 Å². The van der Waals surface area contributed by atoms with Gasteiger partial charge in [0, 0.05) is 18.2 Å². The third kappa shape index (κ3) is 15.2. The summed E-state index contributed by atoms with van der Waals surface area (Å²) in [5, 5.41) is 5.39. The summed E-state index contributed by atoms with van der Waals surface area (Å²) >= 11 is 0. The Labute approximate surface area is 278 Å². The van der Waals surface area contributed by atoms with Crippen LogP contribution in [0.4, 0.5) is 5.69 Å². The summed E-state index contributed by atoms with van der Waals surface area (Å²) in [7, 11) is 1.68. The number of ether oxygens (including phenoxy) is 1. The van der Waals surface area contributed by atoms with Gasteiger partial charge in [0.05, 0.1) is 7.11 Å². The molecule has 5 heteroatoms. The third-order valence-electron chi connectivity index (χ3n) is 6.56. The Morgan fingerprint density at radius 1 is 0.674 bits per heavy atom. The molecular formula is C41H56N2O3. The molecule has 0 bridgehead atoms. The smallest absolute Gasteiger partial charge is 0.248 e. The lowest BCUT2D eigenvalue weighted by Gasteiger charge is -2.01. The Hall–Kier alpha value is -4.90. The molecule has 0 aliphatic carbocycles. The summed E-state index contributed by atoms with van der Waals surface area (Å²) in [6.45, 7) is 11.7. The molecule has 0 fully saturated rings. The fraction of sp³-hybridized carbons (Fsp3) is 0.268. The van der Waals surface area contributed by atoms with Gasteiger partial charge in [-0.2, -0.15) is 0 Å². The molecule has 0 aromatic heterocycles. The summed E-state index contributed by atoms with van der Waals surface area (Å²) < 4.78 is 5.04. The van der Waals surface area contributed by atoms with Crippen LogP contribution in [-0.4, -0.2) is 18.9 Å². The molecule has 5 aromatic rings. The average Bonchev–Trinajstić information content (AvgIpc) is 2.99. The Morgan fingerprint density at radius 3 is 1.67 bits per heavy atom. The maximum atomic E-state index is 10.6. The van der Waals surface area contributed by atoms with Crippen LogP contribution >= 0.6 is 0 Å². The van der Waals surface area contributed by atoms with Gasteiger partial charge in [0.25, 0.3) is 0 Å². The number of primary amides is 1. The first-order valence-electron chi connectivity index (χ1n) is 14.3. The van der Waals surface area contributed by atoms with Crippen LogP contribution in [0.3, 0.4) is 0 Å². The lowest BCUT2D eigenvalue weighted by molar-refractivity contribution is -0.114. The molecule has 5 aromatic carbocycles. The van der Waals surface area contributed by atoms with Gasteiger partial charge in [-0.3, -0.25) is 9.59 Å². The fourth-order valence-electron chi connectivity index (χ4n) is 4.11. The standard InChI is InChI=1S/C13H14.C9H11NO.C8H9NO.C8H10O.3CH4/c1-3-11-5-7-12-8-10(2)4-6-13(12)9-11;1-7-3-5-9(6-4-7)10-8(2)11;1-6-4-2-3-5-7(6)8(9)10;1-7-5-3-4-6-8(7)9-2;;;/h4-9H,3H2,1-2H3;3-6H,1-2H3,(H,10,11);2-5H,1H3,(H2,9,10);3-6H,1-2H3;3*1H4. The van der Waals surface area contributed by atoms with Gasteiger partial charge in [0.1, 0.15) is 5.75 Å². The van der Waals surface area contributed by atoms with Gasteiger partial charge in [0.2, 0.25) is 11.8 Å². The van der Waals surface area contributed by atoms with Crippen molar-refractivity contribution in [2.24, 2.45) is 5.73 Å². The van der Waals surface area contributed by atoms with Crippen molar-refractivity contribution in [3.05, 3.63) is 143 Å². The van der Waals surface area contributed by atoms with E-state index in [4.69, 9.17) is 10.5 Å². The first-order chi connectivity index (χ1) is 20.5. The number of benzene rings is 5. The van der Waals surface area contributed by atoms with Crippen LogP contribution < -0.4 is 15.8 Å². The van der Waals surface area contributed by atoms with Crippen molar-refractivity contribution in [3.8, 4) is 5.75 Å². The number of nitrogens with one attached hydrogen (secondary N) is 1. The molecule has 0 saturated heterocycles. The third-order valence-corrected chi connectivity index (χ3v) is 6.56. The van der Waals surface area contributed by atoms with E-state index >= 15 is 0 Å². The Balaban J connectivity index is 0. The second-order valence-electron chi connectivity index (χ2n) is 10.2. The Bertz CT molecular complexity index is 1610. The van der Waals surface area contributed by atoms with E-state index in [-0.39, 0.29) is 34.1 Å². The number of anilines is 1. The number of rotatable bonds is 4. The SMILES string of the molecule is C.C.C.CC(=O)Nc1ccc(C)cc1.CCc1ccc2cc(C)ccc2c1.COc1ccccc1C.Cc1ccccc1C(N)=O. The van der Waals surface area contributed by atoms with Gasteiger partial charge >= 0.3 is 0 Å². The number of hydrogen-bond donors (Lipinski definition) is 2. The largest absolute Gasteiger partial charge is 0.496 e. The van der Waals surface area contributed by atoms with Crippen molar-refractivity contribution in [1.82, 2.24) is 0 Å². The molecule has 2 amide bonds. The number of aryl methyl sites for hydroxylation is 5. The van der Waals surface area contributed by atoms with Gasteiger partial charge in [0.15, 0.2) is 0 Å². The number of para-hydroxylation sites is 1. The molecule has 5 nitrogen and oxygen atoms in total. The fourth-order valence-corrected chi connectivity index (χ4v) is 4.11. The molecule has 0 radical (unpaired) electrons. The highest BCUT2D eigenvalue weighted by Crippen LogP contribution is 2.18. The molecule has 0 unspecified atom stereocenters. The van der Waals surface area contributed by atoms with Gasteiger partial charge in [-0.05, 0) is 85.8 Å². The molecule has 0 aliphatic heterocycles. The minimum Gasteiger partial charge on any atom is -0.496 e. The molecule has 0 atom stereocenters. The number of hydrogen-bond acceptors (Lipinski definition) is 3. The normalized spacial score (nSPS) is 9.02. The van der Waals surface area contributed by atoms with E-state index in [2.05, 4.69) is 55.6 Å².